The summed E-state index contributed by atoms with van der Waals surface area (Å²) in [7, 11) is 1.31. The van der Waals surface area contributed by atoms with Crippen molar-refractivity contribution in [2.75, 3.05) is 20.2 Å². The summed E-state index contributed by atoms with van der Waals surface area (Å²) >= 11 is 0. The van der Waals surface area contributed by atoms with Crippen LogP contribution in [0.25, 0.3) is 0 Å². The Morgan fingerprint density at radius 2 is 2.04 bits per heavy atom. The van der Waals surface area contributed by atoms with Crippen molar-refractivity contribution >= 4 is 17.6 Å². The van der Waals surface area contributed by atoms with Gasteiger partial charge in [0.05, 0.1) is 18.5 Å². The van der Waals surface area contributed by atoms with E-state index in [1.165, 1.54) is 24.1 Å². The van der Waals surface area contributed by atoms with Gasteiger partial charge < -0.3 is 14.7 Å². The molecule has 0 saturated heterocycles. The number of aliphatic carboxylic acids is 1. The summed E-state index contributed by atoms with van der Waals surface area (Å²) in [5, 5.41) is 19.8. The molecule has 0 bridgehead atoms. The number of nitro groups is 1. The molecule has 126 valence electrons. The number of amides is 1. The molecular formula is C15H20N2O6. The summed E-state index contributed by atoms with van der Waals surface area (Å²) in [6, 6.07) is 3.94. The van der Waals surface area contributed by atoms with Crippen molar-refractivity contribution in [1.82, 2.24) is 4.90 Å². The Morgan fingerprint density at radius 3 is 2.52 bits per heavy atom. The number of hydrogen-bond donors (Lipinski definition) is 1. The minimum absolute atomic E-state index is 0.0478. The molecule has 1 amide bonds. The van der Waals surface area contributed by atoms with Gasteiger partial charge in [0.25, 0.3) is 5.91 Å². The summed E-state index contributed by atoms with van der Waals surface area (Å²) in [4.78, 5) is 35.1. The van der Waals surface area contributed by atoms with Gasteiger partial charge in [0.1, 0.15) is 0 Å². The monoisotopic (exact) mass is 324 g/mol. The van der Waals surface area contributed by atoms with Gasteiger partial charge in [0.15, 0.2) is 5.75 Å². The van der Waals surface area contributed by atoms with Crippen molar-refractivity contribution in [3.63, 3.8) is 0 Å². The van der Waals surface area contributed by atoms with E-state index in [4.69, 9.17) is 9.84 Å². The van der Waals surface area contributed by atoms with Crippen LogP contribution >= 0.6 is 0 Å². The Balaban J connectivity index is 3.09. The van der Waals surface area contributed by atoms with Gasteiger partial charge in [-0.05, 0) is 18.1 Å². The van der Waals surface area contributed by atoms with E-state index in [1.54, 1.807) is 0 Å². The first-order chi connectivity index (χ1) is 10.8. The molecule has 1 N–H and O–H groups in total. The van der Waals surface area contributed by atoms with Crippen molar-refractivity contribution < 1.29 is 24.4 Å². The first kappa shape index (κ1) is 18.4. The molecule has 23 heavy (non-hydrogen) atoms. The highest BCUT2D eigenvalue weighted by Crippen LogP contribution is 2.28. The third-order valence-corrected chi connectivity index (χ3v) is 3.09. The van der Waals surface area contributed by atoms with Crippen molar-refractivity contribution in [1.29, 1.82) is 0 Å². The molecular weight excluding hydrogens is 304 g/mol. The maximum absolute atomic E-state index is 12.5. The predicted octanol–water partition coefficient (Wildman–Crippen LogP) is 2.18. The molecule has 0 atom stereocenters. The molecule has 0 unspecified atom stereocenters. The Labute approximate surface area is 133 Å². The largest absolute Gasteiger partial charge is 0.490 e. The van der Waals surface area contributed by atoms with E-state index in [-0.39, 0.29) is 35.9 Å². The Bertz CT molecular complexity index is 600. The number of carboxylic acids is 1. The van der Waals surface area contributed by atoms with Crippen LogP contribution in [0, 0.1) is 16.0 Å². The Kier molecular flexibility index (Phi) is 6.49. The van der Waals surface area contributed by atoms with Gasteiger partial charge in [-0.3, -0.25) is 19.7 Å². The van der Waals surface area contributed by atoms with Crippen LogP contribution in [-0.2, 0) is 4.79 Å². The third-order valence-electron chi connectivity index (χ3n) is 3.09. The number of carboxylic acid groups (broad SMARTS) is 1. The van der Waals surface area contributed by atoms with E-state index in [2.05, 4.69) is 0 Å². The molecule has 0 spiro atoms. The summed E-state index contributed by atoms with van der Waals surface area (Å²) in [5.41, 5.74) is -0.176. The van der Waals surface area contributed by atoms with Gasteiger partial charge >= 0.3 is 11.7 Å². The Hall–Kier alpha value is -2.64. The minimum Gasteiger partial charge on any atom is -0.490 e. The van der Waals surface area contributed by atoms with Crippen LogP contribution < -0.4 is 4.74 Å². The lowest BCUT2D eigenvalue weighted by atomic mass is 10.1. The number of methoxy groups -OCH3 is 1. The molecule has 0 aliphatic carbocycles. The number of nitro benzene ring substituents is 1. The number of nitrogens with zero attached hydrogens (tertiary/aromatic N) is 2. The topological polar surface area (TPSA) is 110 Å². The van der Waals surface area contributed by atoms with Crippen LogP contribution in [-0.4, -0.2) is 47.0 Å². The van der Waals surface area contributed by atoms with Crippen molar-refractivity contribution in [3.8, 4) is 5.75 Å². The summed E-state index contributed by atoms with van der Waals surface area (Å²) < 4.78 is 4.90. The zero-order valence-electron chi connectivity index (χ0n) is 13.3. The Morgan fingerprint density at radius 1 is 1.39 bits per heavy atom. The van der Waals surface area contributed by atoms with E-state index < -0.39 is 16.8 Å². The molecule has 0 aliphatic heterocycles. The van der Waals surface area contributed by atoms with Gasteiger partial charge in [-0.2, -0.15) is 0 Å². The summed E-state index contributed by atoms with van der Waals surface area (Å²) in [5.74, 6) is -1.24. The number of hydrogen-bond acceptors (Lipinski definition) is 5. The lowest BCUT2D eigenvalue weighted by Gasteiger charge is -2.24. The smallest absolute Gasteiger partial charge is 0.311 e. The van der Waals surface area contributed by atoms with E-state index in [1.807, 2.05) is 13.8 Å². The van der Waals surface area contributed by atoms with Crippen LogP contribution in [0.5, 0.6) is 5.75 Å². The van der Waals surface area contributed by atoms with E-state index >= 15 is 0 Å². The summed E-state index contributed by atoms with van der Waals surface area (Å²) in [6.45, 7) is 4.22. The van der Waals surface area contributed by atoms with Crippen LogP contribution in [0.1, 0.15) is 30.6 Å². The van der Waals surface area contributed by atoms with Gasteiger partial charge in [-0.25, -0.2) is 0 Å². The second-order valence-electron chi connectivity index (χ2n) is 5.43. The second-order valence-corrected chi connectivity index (χ2v) is 5.43. The average molecular weight is 324 g/mol. The first-order valence-corrected chi connectivity index (χ1v) is 7.09. The highest BCUT2D eigenvalue weighted by Gasteiger charge is 2.22. The van der Waals surface area contributed by atoms with E-state index in [9.17, 15) is 19.7 Å². The van der Waals surface area contributed by atoms with E-state index in [0.717, 1.165) is 6.07 Å². The number of carbonyl (C=O) groups is 2. The second kappa shape index (κ2) is 8.11. The molecule has 1 aromatic rings. The molecule has 0 aromatic heterocycles. The van der Waals surface area contributed by atoms with Gasteiger partial charge in [0, 0.05) is 24.7 Å². The maximum atomic E-state index is 12.5. The maximum Gasteiger partial charge on any atom is 0.311 e. The molecule has 1 aromatic carbocycles. The van der Waals surface area contributed by atoms with Crippen LogP contribution in [0.3, 0.4) is 0 Å². The van der Waals surface area contributed by atoms with Crippen LogP contribution in [0.4, 0.5) is 5.69 Å². The summed E-state index contributed by atoms with van der Waals surface area (Å²) in [6.07, 6.45) is -0.184. The number of ether oxygens (including phenoxy) is 1. The van der Waals surface area contributed by atoms with Crippen molar-refractivity contribution in [3.05, 3.63) is 33.9 Å². The lowest BCUT2D eigenvalue weighted by Crippen LogP contribution is -2.36. The van der Waals surface area contributed by atoms with Crippen molar-refractivity contribution in [2.24, 2.45) is 5.92 Å². The molecule has 8 nitrogen and oxygen atoms in total. The number of rotatable bonds is 8. The number of carbonyl (C=O) groups excluding carboxylic acids is 1. The fourth-order valence-electron chi connectivity index (χ4n) is 2.10. The fraction of sp³-hybridized carbons (Fsp3) is 0.467. The quantitative estimate of drug-likeness (QED) is 0.579. The predicted molar refractivity (Wildman–Crippen MR) is 82.6 cm³/mol. The standard InChI is InChI=1S/C15H20N2O6/c1-10(2)9-16(7-6-14(18)19)15(20)11-4-5-13(23-3)12(8-11)17(21)22/h4-5,8,10H,6-7,9H2,1-3H3,(H,18,19). The molecule has 1 rings (SSSR count). The molecule has 0 aliphatic rings. The average Bonchev–Trinajstić information content (AvgIpc) is 2.49. The first-order valence-electron chi connectivity index (χ1n) is 7.09. The SMILES string of the molecule is COc1ccc(C(=O)N(CCC(=O)O)CC(C)C)cc1[N+](=O)[O-]. The highest BCUT2D eigenvalue weighted by molar-refractivity contribution is 5.95. The highest BCUT2D eigenvalue weighted by atomic mass is 16.6. The zero-order valence-corrected chi connectivity index (χ0v) is 13.3. The normalized spacial score (nSPS) is 10.4. The molecule has 0 saturated carbocycles. The van der Waals surface area contributed by atoms with Gasteiger partial charge in [-0.1, -0.05) is 13.8 Å². The van der Waals surface area contributed by atoms with Gasteiger partial charge in [0.2, 0.25) is 0 Å². The zero-order chi connectivity index (χ0) is 17.6. The fourth-order valence-corrected chi connectivity index (χ4v) is 2.10. The third kappa shape index (κ3) is 5.24. The molecule has 0 radical (unpaired) electrons. The molecule has 0 fully saturated rings. The van der Waals surface area contributed by atoms with Gasteiger partial charge in [-0.15, -0.1) is 0 Å². The van der Waals surface area contributed by atoms with Crippen LogP contribution in [0.15, 0.2) is 18.2 Å². The molecule has 8 heteroatoms. The number of benzene rings is 1. The van der Waals surface area contributed by atoms with Crippen LogP contribution in [0.2, 0.25) is 0 Å². The lowest BCUT2D eigenvalue weighted by molar-refractivity contribution is -0.385. The molecule has 0 heterocycles. The van der Waals surface area contributed by atoms with E-state index in [0.29, 0.717) is 6.54 Å². The minimum atomic E-state index is -1.01. The van der Waals surface area contributed by atoms with Crippen molar-refractivity contribution in [2.45, 2.75) is 20.3 Å².